The minimum atomic E-state index is -1.07. The molecule has 0 aliphatic carbocycles. The summed E-state index contributed by atoms with van der Waals surface area (Å²) in [7, 11) is 0. The Morgan fingerprint density at radius 1 is 1.35 bits per heavy atom. The van der Waals surface area contributed by atoms with E-state index in [-0.39, 0.29) is 11.3 Å². The van der Waals surface area contributed by atoms with E-state index in [0.717, 1.165) is 0 Å². The van der Waals surface area contributed by atoms with E-state index >= 15 is 0 Å². The van der Waals surface area contributed by atoms with Crippen LogP contribution in [0.1, 0.15) is 10.4 Å². The van der Waals surface area contributed by atoms with Gasteiger partial charge in [0.15, 0.2) is 0 Å². The van der Waals surface area contributed by atoms with Gasteiger partial charge in [0, 0.05) is 18.0 Å². The minimum absolute atomic E-state index is 0.0584. The Kier molecular flexibility index (Phi) is 2.91. The van der Waals surface area contributed by atoms with Crippen LogP contribution in [0.25, 0.3) is 0 Å². The van der Waals surface area contributed by atoms with Gasteiger partial charge < -0.3 is 15.6 Å². The molecule has 86 valence electrons. The molecule has 0 radical (unpaired) electrons. The summed E-state index contributed by atoms with van der Waals surface area (Å²) in [5.41, 5.74) is 6.09. The topological polar surface area (TPSA) is 85.4 Å². The summed E-state index contributed by atoms with van der Waals surface area (Å²) >= 11 is 0. The van der Waals surface area contributed by atoms with Crippen LogP contribution in [0.15, 0.2) is 42.7 Å². The number of hydrogen-bond acceptors (Lipinski definition) is 4. The first-order valence-corrected chi connectivity index (χ1v) is 4.87. The van der Waals surface area contributed by atoms with Crippen LogP contribution < -0.4 is 10.5 Å². The molecule has 2 rings (SSSR count). The second-order valence-corrected chi connectivity index (χ2v) is 3.35. The number of pyridine rings is 1. The van der Waals surface area contributed by atoms with Gasteiger partial charge in [0.1, 0.15) is 17.1 Å². The number of ether oxygens (including phenoxy) is 1. The minimum Gasteiger partial charge on any atom is -0.478 e. The second-order valence-electron chi connectivity index (χ2n) is 3.35. The van der Waals surface area contributed by atoms with Gasteiger partial charge in [-0.25, -0.2) is 4.79 Å². The van der Waals surface area contributed by atoms with Crippen molar-refractivity contribution in [2.24, 2.45) is 0 Å². The molecule has 0 saturated carbocycles. The molecule has 0 spiro atoms. The number of aromatic carboxylic acids is 1. The highest BCUT2D eigenvalue weighted by Gasteiger charge is 2.12. The van der Waals surface area contributed by atoms with Crippen LogP contribution in [-0.2, 0) is 0 Å². The molecule has 1 aromatic heterocycles. The molecule has 0 saturated heterocycles. The molecular weight excluding hydrogens is 220 g/mol. The largest absolute Gasteiger partial charge is 0.478 e. The van der Waals surface area contributed by atoms with Crippen molar-refractivity contribution in [1.82, 2.24) is 4.98 Å². The molecule has 0 atom stereocenters. The van der Waals surface area contributed by atoms with E-state index in [2.05, 4.69) is 4.98 Å². The van der Waals surface area contributed by atoms with Crippen molar-refractivity contribution in [2.75, 3.05) is 5.73 Å². The standard InChI is InChI=1S/C12H10N2O3/c13-8-3-4-10(12(15)16)11(6-8)17-9-2-1-5-14-7-9/h1-7H,13H2,(H,15,16). The first-order chi connectivity index (χ1) is 8.16. The van der Waals surface area contributed by atoms with Gasteiger partial charge in [-0.15, -0.1) is 0 Å². The predicted octanol–water partition coefficient (Wildman–Crippen LogP) is 2.15. The monoisotopic (exact) mass is 230 g/mol. The van der Waals surface area contributed by atoms with Gasteiger partial charge in [0.25, 0.3) is 0 Å². The number of nitrogen functional groups attached to an aromatic ring is 1. The number of nitrogens with zero attached hydrogens (tertiary/aromatic N) is 1. The molecule has 0 amide bonds. The number of carboxylic acid groups (broad SMARTS) is 1. The van der Waals surface area contributed by atoms with Crippen LogP contribution >= 0.6 is 0 Å². The van der Waals surface area contributed by atoms with Crippen LogP contribution in [0.2, 0.25) is 0 Å². The van der Waals surface area contributed by atoms with Crippen molar-refractivity contribution in [1.29, 1.82) is 0 Å². The quantitative estimate of drug-likeness (QED) is 0.789. The average Bonchev–Trinajstić information content (AvgIpc) is 2.30. The number of aromatic nitrogens is 1. The summed E-state index contributed by atoms with van der Waals surface area (Å²) in [5.74, 6) is -0.407. The molecule has 5 nitrogen and oxygen atoms in total. The molecule has 0 bridgehead atoms. The normalized spacial score (nSPS) is 9.88. The maximum Gasteiger partial charge on any atom is 0.339 e. The number of anilines is 1. The van der Waals surface area contributed by atoms with Crippen molar-refractivity contribution < 1.29 is 14.6 Å². The highest BCUT2D eigenvalue weighted by molar-refractivity contribution is 5.91. The van der Waals surface area contributed by atoms with E-state index in [1.807, 2.05) is 0 Å². The van der Waals surface area contributed by atoms with Crippen molar-refractivity contribution >= 4 is 11.7 Å². The van der Waals surface area contributed by atoms with Crippen molar-refractivity contribution in [3.63, 3.8) is 0 Å². The summed E-state index contributed by atoms with van der Waals surface area (Å²) in [5, 5.41) is 9.00. The Morgan fingerprint density at radius 3 is 2.82 bits per heavy atom. The number of hydrogen-bond donors (Lipinski definition) is 2. The maximum absolute atomic E-state index is 11.0. The Balaban J connectivity index is 2.37. The first kappa shape index (κ1) is 10.9. The van der Waals surface area contributed by atoms with E-state index < -0.39 is 5.97 Å². The van der Waals surface area contributed by atoms with Crippen LogP contribution in [-0.4, -0.2) is 16.1 Å². The molecular formula is C12H10N2O3. The van der Waals surface area contributed by atoms with Crippen LogP contribution in [0.4, 0.5) is 5.69 Å². The zero-order chi connectivity index (χ0) is 12.3. The third-order valence-corrected chi connectivity index (χ3v) is 2.10. The lowest BCUT2D eigenvalue weighted by Crippen LogP contribution is -2.01. The SMILES string of the molecule is Nc1ccc(C(=O)O)c(Oc2cccnc2)c1. The summed E-state index contributed by atoms with van der Waals surface area (Å²) in [4.78, 5) is 14.9. The van der Waals surface area contributed by atoms with Crippen LogP contribution in [0, 0.1) is 0 Å². The third kappa shape index (κ3) is 2.52. The fraction of sp³-hybridized carbons (Fsp3) is 0. The maximum atomic E-state index is 11.0. The summed E-state index contributed by atoms with van der Waals surface area (Å²) in [6, 6.07) is 7.77. The zero-order valence-corrected chi connectivity index (χ0v) is 8.83. The zero-order valence-electron chi connectivity index (χ0n) is 8.83. The van der Waals surface area contributed by atoms with Gasteiger partial charge in [0.05, 0.1) is 6.20 Å². The smallest absolute Gasteiger partial charge is 0.339 e. The molecule has 3 N–H and O–H groups in total. The van der Waals surface area contributed by atoms with E-state index in [1.54, 1.807) is 18.3 Å². The number of carboxylic acids is 1. The number of carbonyl (C=O) groups is 1. The summed E-state index contributed by atoms with van der Waals surface area (Å²) in [6.07, 6.45) is 3.10. The molecule has 0 aliphatic heterocycles. The van der Waals surface area contributed by atoms with Gasteiger partial charge in [-0.1, -0.05) is 0 Å². The summed E-state index contributed by atoms with van der Waals surface area (Å²) < 4.78 is 5.43. The Morgan fingerprint density at radius 2 is 2.18 bits per heavy atom. The molecule has 0 aliphatic rings. The van der Waals surface area contributed by atoms with Crippen molar-refractivity contribution in [2.45, 2.75) is 0 Å². The number of rotatable bonds is 3. The highest BCUT2D eigenvalue weighted by atomic mass is 16.5. The molecule has 5 heteroatoms. The van der Waals surface area contributed by atoms with E-state index in [9.17, 15) is 4.79 Å². The Labute approximate surface area is 97.5 Å². The van der Waals surface area contributed by atoms with Gasteiger partial charge in [-0.3, -0.25) is 4.98 Å². The molecule has 1 heterocycles. The lowest BCUT2D eigenvalue weighted by molar-refractivity contribution is 0.0694. The molecule has 0 fully saturated rings. The van der Waals surface area contributed by atoms with E-state index in [1.165, 1.54) is 24.4 Å². The third-order valence-electron chi connectivity index (χ3n) is 2.10. The van der Waals surface area contributed by atoms with Gasteiger partial charge in [0.2, 0.25) is 0 Å². The van der Waals surface area contributed by atoms with Crippen molar-refractivity contribution in [3.8, 4) is 11.5 Å². The average molecular weight is 230 g/mol. The lowest BCUT2D eigenvalue weighted by Gasteiger charge is -2.08. The second kappa shape index (κ2) is 4.52. The van der Waals surface area contributed by atoms with Gasteiger partial charge in [-0.05, 0) is 24.3 Å². The van der Waals surface area contributed by atoms with Crippen LogP contribution in [0.3, 0.4) is 0 Å². The fourth-order valence-corrected chi connectivity index (χ4v) is 1.33. The van der Waals surface area contributed by atoms with Crippen molar-refractivity contribution in [3.05, 3.63) is 48.3 Å². The number of nitrogens with two attached hydrogens (primary N) is 1. The van der Waals surface area contributed by atoms with E-state index in [0.29, 0.717) is 11.4 Å². The first-order valence-electron chi connectivity index (χ1n) is 4.87. The number of benzene rings is 1. The molecule has 1 aromatic carbocycles. The molecule has 0 unspecified atom stereocenters. The highest BCUT2D eigenvalue weighted by Crippen LogP contribution is 2.26. The fourth-order valence-electron chi connectivity index (χ4n) is 1.33. The Hall–Kier alpha value is -2.56. The Bertz CT molecular complexity index is 541. The lowest BCUT2D eigenvalue weighted by atomic mass is 10.2. The predicted molar refractivity (Wildman–Crippen MR) is 62.1 cm³/mol. The van der Waals surface area contributed by atoms with Crippen LogP contribution in [0.5, 0.6) is 11.5 Å². The van der Waals surface area contributed by atoms with Gasteiger partial charge in [-0.2, -0.15) is 0 Å². The molecule has 17 heavy (non-hydrogen) atoms. The molecule has 2 aromatic rings. The van der Waals surface area contributed by atoms with E-state index in [4.69, 9.17) is 15.6 Å². The summed E-state index contributed by atoms with van der Waals surface area (Å²) in [6.45, 7) is 0. The van der Waals surface area contributed by atoms with Gasteiger partial charge >= 0.3 is 5.97 Å².